The standard InChI is InChI=1S/C2H2ClN3S/c3-1-2(4)5-6-7-1/h4H2. The summed E-state index contributed by atoms with van der Waals surface area (Å²) in [5.41, 5.74) is 5.14. The van der Waals surface area contributed by atoms with Gasteiger partial charge < -0.3 is 5.73 Å². The van der Waals surface area contributed by atoms with Gasteiger partial charge in [0.1, 0.15) is 0 Å². The Morgan fingerprint density at radius 3 is 2.57 bits per heavy atom. The molecule has 0 saturated heterocycles. The minimum absolute atomic E-state index is 0.312. The number of halogens is 1. The molecule has 7 heavy (non-hydrogen) atoms. The summed E-state index contributed by atoms with van der Waals surface area (Å²) >= 11 is 6.48. The maximum atomic E-state index is 5.39. The van der Waals surface area contributed by atoms with E-state index in [-0.39, 0.29) is 0 Å². The molecule has 5 heteroatoms. The summed E-state index contributed by atoms with van der Waals surface area (Å²) in [6.45, 7) is 0. The molecule has 2 N–H and O–H groups in total. The molecule has 0 saturated carbocycles. The molecule has 0 amide bonds. The highest BCUT2D eigenvalue weighted by Crippen LogP contribution is 2.17. The lowest BCUT2D eigenvalue weighted by atomic mass is 10.9. The van der Waals surface area contributed by atoms with E-state index in [4.69, 9.17) is 17.3 Å². The topological polar surface area (TPSA) is 51.8 Å². The summed E-state index contributed by atoms with van der Waals surface area (Å²) in [5.74, 6) is 0.312. The number of rotatable bonds is 0. The molecule has 3 nitrogen and oxygen atoms in total. The van der Waals surface area contributed by atoms with Crippen LogP contribution in [0.1, 0.15) is 0 Å². The fourth-order valence-electron chi connectivity index (χ4n) is 0.186. The quantitative estimate of drug-likeness (QED) is 0.572. The lowest BCUT2D eigenvalue weighted by molar-refractivity contribution is 1.17. The highest BCUT2D eigenvalue weighted by atomic mass is 35.5. The Morgan fingerprint density at radius 2 is 2.43 bits per heavy atom. The van der Waals surface area contributed by atoms with Gasteiger partial charge in [-0.25, -0.2) is 0 Å². The zero-order valence-corrected chi connectivity index (χ0v) is 4.83. The van der Waals surface area contributed by atoms with Gasteiger partial charge >= 0.3 is 0 Å². The van der Waals surface area contributed by atoms with Crippen molar-refractivity contribution in [1.82, 2.24) is 9.59 Å². The van der Waals surface area contributed by atoms with Gasteiger partial charge in [0.2, 0.25) is 0 Å². The Bertz CT molecular complexity index is 145. The lowest BCUT2D eigenvalue weighted by Gasteiger charge is -1.73. The van der Waals surface area contributed by atoms with Crippen molar-refractivity contribution in [2.45, 2.75) is 0 Å². The van der Waals surface area contributed by atoms with Gasteiger partial charge in [-0.1, -0.05) is 16.1 Å². The monoisotopic (exact) mass is 135 g/mol. The fourth-order valence-corrected chi connectivity index (χ4v) is 0.652. The highest BCUT2D eigenvalue weighted by molar-refractivity contribution is 7.10. The van der Waals surface area contributed by atoms with Crippen LogP contribution in [-0.2, 0) is 0 Å². The van der Waals surface area contributed by atoms with Crippen LogP contribution in [0.3, 0.4) is 0 Å². The first kappa shape index (κ1) is 4.80. The SMILES string of the molecule is Nc1nnsc1Cl. The third-order valence-electron chi connectivity index (χ3n) is 0.471. The minimum Gasteiger partial charge on any atom is -0.380 e. The van der Waals surface area contributed by atoms with Gasteiger partial charge in [-0.2, -0.15) is 0 Å². The van der Waals surface area contributed by atoms with Crippen LogP contribution in [0.5, 0.6) is 0 Å². The molecule has 1 heterocycles. The molecule has 0 atom stereocenters. The Morgan fingerprint density at radius 1 is 1.71 bits per heavy atom. The van der Waals surface area contributed by atoms with Crippen molar-refractivity contribution >= 4 is 29.0 Å². The van der Waals surface area contributed by atoms with Crippen LogP contribution >= 0.6 is 23.1 Å². The van der Waals surface area contributed by atoms with Crippen molar-refractivity contribution in [1.29, 1.82) is 0 Å². The van der Waals surface area contributed by atoms with Crippen molar-refractivity contribution in [2.24, 2.45) is 0 Å². The zero-order chi connectivity index (χ0) is 5.28. The van der Waals surface area contributed by atoms with Gasteiger partial charge in [0, 0.05) is 11.5 Å². The number of anilines is 1. The van der Waals surface area contributed by atoms with E-state index in [1.165, 1.54) is 0 Å². The first-order chi connectivity index (χ1) is 3.30. The van der Waals surface area contributed by atoms with Crippen LogP contribution < -0.4 is 5.73 Å². The number of nitrogens with zero attached hydrogens (tertiary/aromatic N) is 2. The predicted molar refractivity (Wildman–Crippen MR) is 29.3 cm³/mol. The molecule has 0 bridgehead atoms. The number of nitrogens with two attached hydrogens (primary N) is 1. The van der Waals surface area contributed by atoms with Gasteiger partial charge in [0.05, 0.1) is 0 Å². The third kappa shape index (κ3) is 0.808. The summed E-state index contributed by atoms with van der Waals surface area (Å²) in [7, 11) is 0. The highest BCUT2D eigenvalue weighted by Gasteiger charge is 1.95. The summed E-state index contributed by atoms with van der Waals surface area (Å²) in [6, 6.07) is 0. The average Bonchev–Trinajstić information content (AvgIpc) is 1.91. The lowest BCUT2D eigenvalue weighted by Crippen LogP contribution is -1.82. The molecule has 0 radical (unpaired) electrons. The van der Waals surface area contributed by atoms with Crippen LogP contribution in [0.15, 0.2) is 0 Å². The van der Waals surface area contributed by atoms with Gasteiger partial charge in [-0.15, -0.1) is 5.10 Å². The van der Waals surface area contributed by atoms with Crippen LogP contribution in [0, 0.1) is 0 Å². The largest absolute Gasteiger partial charge is 0.380 e. The van der Waals surface area contributed by atoms with Crippen molar-refractivity contribution in [3.05, 3.63) is 4.34 Å². The molecule has 0 aliphatic heterocycles. The molecule has 1 aromatic heterocycles. The number of hydrogen-bond acceptors (Lipinski definition) is 4. The van der Waals surface area contributed by atoms with Crippen LogP contribution in [0.4, 0.5) is 5.82 Å². The molecule has 0 unspecified atom stereocenters. The molecular weight excluding hydrogens is 134 g/mol. The molecule has 0 spiro atoms. The van der Waals surface area contributed by atoms with Crippen LogP contribution in [0.2, 0.25) is 4.34 Å². The Labute approximate surface area is 49.3 Å². The number of aromatic nitrogens is 2. The molecule has 1 aromatic rings. The van der Waals surface area contributed by atoms with E-state index in [1.54, 1.807) is 0 Å². The maximum absolute atomic E-state index is 5.39. The fraction of sp³-hybridized carbons (Fsp3) is 0. The Kier molecular flexibility index (Phi) is 1.12. The summed E-state index contributed by atoms with van der Waals surface area (Å²) in [4.78, 5) is 0. The van der Waals surface area contributed by atoms with Crippen molar-refractivity contribution in [2.75, 3.05) is 5.73 Å². The van der Waals surface area contributed by atoms with E-state index in [9.17, 15) is 0 Å². The van der Waals surface area contributed by atoms with E-state index in [0.29, 0.717) is 10.2 Å². The Balaban J connectivity index is 3.12. The Hall–Kier alpha value is -0.350. The second-order valence-electron chi connectivity index (χ2n) is 0.932. The molecule has 0 aliphatic carbocycles. The summed E-state index contributed by atoms with van der Waals surface area (Å²) < 4.78 is 3.91. The van der Waals surface area contributed by atoms with E-state index in [2.05, 4.69) is 9.59 Å². The third-order valence-corrected chi connectivity index (χ3v) is 1.40. The molecular formula is C2H2ClN3S. The number of nitrogen functional groups attached to an aromatic ring is 1. The van der Waals surface area contributed by atoms with Gasteiger partial charge in [-0.3, -0.25) is 0 Å². The normalized spacial score (nSPS) is 9.29. The van der Waals surface area contributed by atoms with Crippen molar-refractivity contribution < 1.29 is 0 Å². The molecule has 1 rings (SSSR count). The van der Waals surface area contributed by atoms with Crippen molar-refractivity contribution in [3.8, 4) is 0 Å². The number of hydrogen-bond donors (Lipinski definition) is 1. The van der Waals surface area contributed by atoms with E-state index in [1.807, 2.05) is 0 Å². The van der Waals surface area contributed by atoms with Gasteiger partial charge in [0.15, 0.2) is 10.2 Å². The van der Waals surface area contributed by atoms with Crippen LogP contribution in [0.25, 0.3) is 0 Å². The van der Waals surface area contributed by atoms with E-state index < -0.39 is 0 Å². The van der Waals surface area contributed by atoms with Crippen molar-refractivity contribution in [3.63, 3.8) is 0 Å². The van der Waals surface area contributed by atoms with Gasteiger partial charge in [-0.05, 0) is 0 Å². The summed E-state index contributed by atoms with van der Waals surface area (Å²) in [5, 5.41) is 3.43. The molecule has 0 aliphatic rings. The summed E-state index contributed by atoms with van der Waals surface area (Å²) in [6.07, 6.45) is 0. The van der Waals surface area contributed by atoms with Crippen LogP contribution in [-0.4, -0.2) is 9.59 Å². The first-order valence-corrected chi connectivity index (χ1v) is 2.69. The van der Waals surface area contributed by atoms with E-state index in [0.717, 1.165) is 11.5 Å². The second kappa shape index (κ2) is 1.63. The second-order valence-corrected chi connectivity index (χ2v) is 2.29. The first-order valence-electron chi connectivity index (χ1n) is 1.54. The maximum Gasteiger partial charge on any atom is 0.177 e. The molecule has 0 aromatic carbocycles. The molecule has 0 fully saturated rings. The molecule has 38 valence electrons. The smallest absolute Gasteiger partial charge is 0.177 e. The zero-order valence-electron chi connectivity index (χ0n) is 3.26. The average molecular weight is 136 g/mol. The predicted octanol–water partition coefficient (Wildman–Crippen LogP) is 0.774. The minimum atomic E-state index is 0.312. The van der Waals surface area contributed by atoms with Gasteiger partial charge in [0.25, 0.3) is 0 Å². The van der Waals surface area contributed by atoms with E-state index >= 15 is 0 Å².